The monoisotopic (exact) mass is 275 g/mol. The van der Waals surface area contributed by atoms with Crippen molar-refractivity contribution in [3.8, 4) is 0 Å². The smallest absolute Gasteiger partial charge is 0.340 e. The third-order valence-electron chi connectivity index (χ3n) is 2.66. The number of aromatic nitrogens is 4. The number of anilines is 2. The maximum Gasteiger partial charge on any atom is 0.348 e. The molecule has 2 heterocycles. The van der Waals surface area contributed by atoms with Gasteiger partial charge in [-0.2, -0.15) is 5.10 Å². The maximum atomic E-state index is 11.3. The van der Waals surface area contributed by atoms with E-state index >= 15 is 0 Å². The number of fused-ring (bicyclic) bond motifs is 1. The summed E-state index contributed by atoms with van der Waals surface area (Å²) in [5.41, 5.74) is 2.10. The molecule has 0 fully saturated rings. The predicted octanol–water partition coefficient (Wildman–Crippen LogP) is 1.90. The molecule has 0 atom stereocenters. The molecule has 7 heteroatoms. The Morgan fingerprint density at radius 1 is 1.37 bits per heavy atom. The van der Waals surface area contributed by atoms with Crippen LogP contribution in [0.2, 0.25) is 0 Å². The lowest BCUT2D eigenvalue weighted by molar-refractivity contribution is 0.998. The van der Waals surface area contributed by atoms with Crippen molar-refractivity contribution in [3.63, 3.8) is 0 Å². The van der Waals surface area contributed by atoms with E-state index in [0.717, 1.165) is 11.3 Å². The normalized spacial score (nSPS) is 10.8. The second-order valence-corrected chi connectivity index (χ2v) is 4.26. The summed E-state index contributed by atoms with van der Waals surface area (Å²) >= 11 is 5.79. The number of hydrogen-bond acceptors (Lipinski definition) is 4. The van der Waals surface area contributed by atoms with Crippen molar-refractivity contribution >= 4 is 28.8 Å². The number of alkyl halides is 1. The van der Waals surface area contributed by atoms with Crippen LogP contribution in [0.25, 0.3) is 5.65 Å². The van der Waals surface area contributed by atoms with Gasteiger partial charge in [-0.15, -0.1) is 11.6 Å². The van der Waals surface area contributed by atoms with Crippen molar-refractivity contribution in [3.05, 3.63) is 52.7 Å². The molecule has 0 saturated carbocycles. The van der Waals surface area contributed by atoms with Crippen LogP contribution in [-0.4, -0.2) is 19.6 Å². The molecule has 0 bridgehead atoms. The summed E-state index contributed by atoms with van der Waals surface area (Å²) in [6, 6.07) is 9.40. The molecule has 0 unspecified atom stereocenters. The van der Waals surface area contributed by atoms with Gasteiger partial charge in [-0.25, -0.2) is 19.3 Å². The van der Waals surface area contributed by atoms with Crippen LogP contribution in [-0.2, 0) is 5.88 Å². The van der Waals surface area contributed by atoms with Gasteiger partial charge in [0.1, 0.15) is 12.1 Å². The van der Waals surface area contributed by atoms with E-state index < -0.39 is 0 Å². The fourth-order valence-electron chi connectivity index (χ4n) is 1.76. The summed E-state index contributed by atoms with van der Waals surface area (Å²) in [6.45, 7) is 0. The van der Waals surface area contributed by atoms with Gasteiger partial charge in [-0.05, 0) is 17.7 Å². The van der Waals surface area contributed by atoms with Gasteiger partial charge in [0.2, 0.25) is 0 Å². The van der Waals surface area contributed by atoms with Gasteiger partial charge in [-0.3, -0.25) is 0 Å². The van der Waals surface area contributed by atoms with E-state index in [1.54, 1.807) is 6.07 Å². The largest absolute Gasteiger partial charge is 0.348 e. The molecule has 0 spiro atoms. The van der Waals surface area contributed by atoms with Crippen molar-refractivity contribution in [2.75, 3.05) is 5.32 Å². The van der Waals surface area contributed by atoms with Crippen molar-refractivity contribution in [2.24, 2.45) is 0 Å². The zero-order valence-electron chi connectivity index (χ0n) is 9.80. The van der Waals surface area contributed by atoms with Crippen molar-refractivity contribution < 1.29 is 0 Å². The Bertz CT molecular complexity index is 779. The molecule has 0 amide bonds. The molecule has 3 aromatic rings. The van der Waals surface area contributed by atoms with E-state index in [2.05, 4.69) is 20.5 Å². The van der Waals surface area contributed by atoms with Crippen LogP contribution in [0.4, 0.5) is 11.5 Å². The first-order valence-electron chi connectivity index (χ1n) is 5.61. The van der Waals surface area contributed by atoms with Gasteiger partial charge in [0.25, 0.3) is 0 Å². The van der Waals surface area contributed by atoms with Crippen LogP contribution in [0.1, 0.15) is 5.56 Å². The van der Waals surface area contributed by atoms with Crippen LogP contribution in [0.15, 0.2) is 41.5 Å². The highest BCUT2D eigenvalue weighted by Gasteiger charge is 2.03. The average Bonchev–Trinajstić information content (AvgIpc) is 2.80. The molecule has 0 aliphatic carbocycles. The van der Waals surface area contributed by atoms with Crippen molar-refractivity contribution in [1.29, 1.82) is 0 Å². The topological polar surface area (TPSA) is 75.1 Å². The third-order valence-corrected chi connectivity index (χ3v) is 2.97. The van der Waals surface area contributed by atoms with E-state index in [0.29, 0.717) is 17.3 Å². The predicted molar refractivity (Wildman–Crippen MR) is 72.9 cm³/mol. The second kappa shape index (κ2) is 4.74. The molecule has 2 aromatic heterocycles. The summed E-state index contributed by atoms with van der Waals surface area (Å²) < 4.78 is 1.33. The minimum atomic E-state index is -0.307. The number of hydrogen-bond donors (Lipinski definition) is 2. The van der Waals surface area contributed by atoms with Crippen LogP contribution >= 0.6 is 11.6 Å². The van der Waals surface area contributed by atoms with E-state index in [1.165, 1.54) is 10.7 Å². The fourth-order valence-corrected chi connectivity index (χ4v) is 1.92. The summed E-state index contributed by atoms with van der Waals surface area (Å²) in [5.74, 6) is 1.06. The van der Waals surface area contributed by atoms with Crippen LogP contribution in [0, 0.1) is 0 Å². The van der Waals surface area contributed by atoms with E-state index in [-0.39, 0.29) is 5.69 Å². The molecular formula is C12H10ClN5O. The van der Waals surface area contributed by atoms with Crippen LogP contribution < -0.4 is 11.0 Å². The number of nitrogens with zero attached hydrogens (tertiary/aromatic N) is 3. The highest BCUT2D eigenvalue weighted by molar-refractivity contribution is 6.17. The van der Waals surface area contributed by atoms with E-state index in [1.807, 2.05) is 24.3 Å². The molecule has 6 nitrogen and oxygen atoms in total. The van der Waals surface area contributed by atoms with E-state index in [4.69, 9.17) is 11.6 Å². The Hall–Kier alpha value is -2.34. The van der Waals surface area contributed by atoms with Gasteiger partial charge < -0.3 is 5.32 Å². The Morgan fingerprint density at radius 2 is 2.26 bits per heavy atom. The minimum Gasteiger partial charge on any atom is -0.340 e. The number of nitrogens with one attached hydrogen (secondary N) is 2. The number of halogens is 1. The van der Waals surface area contributed by atoms with E-state index in [9.17, 15) is 4.79 Å². The summed E-state index contributed by atoms with van der Waals surface area (Å²) in [6.07, 6.45) is 1.43. The first-order valence-corrected chi connectivity index (χ1v) is 6.14. The quantitative estimate of drug-likeness (QED) is 0.716. The molecule has 2 N–H and O–H groups in total. The van der Waals surface area contributed by atoms with Gasteiger partial charge >= 0.3 is 5.69 Å². The molecule has 0 aliphatic rings. The lowest BCUT2D eigenvalue weighted by Gasteiger charge is -2.06. The molecule has 0 aliphatic heterocycles. The van der Waals surface area contributed by atoms with Gasteiger partial charge in [0.05, 0.1) is 0 Å². The lowest BCUT2D eigenvalue weighted by Crippen LogP contribution is -2.09. The molecule has 0 radical (unpaired) electrons. The Kier molecular flexibility index (Phi) is 2.92. The minimum absolute atomic E-state index is 0.307. The number of rotatable bonds is 3. The first-order chi connectivity index (χ1) is 9.26. The number of aromatic amines is 1. The first kappa shape index (κ1) is 11.7. The molecule has 1 aromatic carbocycles. The zero-order chi connectivity index (χ0) is 13.2. The fraction of sp³-hybridized carbons (Fsp3) is 0.0833. The summed E-state index contributed by atoms with van der Waals surface area (Å²) in [4.78, 5) is 15.5. The van der Waals surface area contributed by atoms with Gasteiger partial charge in [-0.1, -0.05) is 12.1 Å². The van der Waals surface area contributed by atoms with Gasteiger partial charge in [0, 0.05) is 17.6 Å². The molecule has 96 valence electrons. The third kappa shape index (κ3) is 2.30. The second-order valence-electron chi connectivity index (χ2n) is 3.99. The van der Waals surface area contributed by atoms with Crippen LogP contribution in [0.3, 0.4) is 0 Å². The molecular weight excluding hydrogens is 266 g/mol. The Labute approximate surface area is 113 Å². The molecule has 0 saturated heterocycles. The summed E-state index contributed by atoms with van der Waals surface area (Å²) in [7, 11) is 0. The van der Waals surface area contributed by atoms with Crippen molar-refractivity contribution in [1.82, 2.24) is 19.6 Å². The lowest BCUT2D eigenvalue weighted by atomic mass is 10.2. The Morgan fingerprint density at radius 3 is 3.11 bits per heavy atom. The average molecular weight is 276 g/mol. The standard InChI is InChI=1S/C12H10ClN5O/c13-6-8-2-1-3-9(4-8)15-10-5-11-16-17-12(19)18(11)7-14-10/h1-5,7,15H,6H2,(H,17,19). The Balaban J connectivity index is 1.94. The van der Waals surface area contributed by atoms with Crippen LogP contribution in [0.5, 0.6) is 0 Å². The maximum absolute atomic E-state index is 11.3. The molecule has 19 heavy (non-hydrogen) atoms. The zero-order valence-corrected chi connectivity index (χ0v) is 10.6. The number of H-pyrrole nitrogens is 1. The number of benzene rings is 1. The SMILES string of the molecule is O=c1[nH]nc2cc(Nc3cccc(CCl)c3)ncn12. The summed E-state index contributed by atoms with van der Waals surface area (Å²) in [5, 5.41) is 9.38. The highest BCUT2D eigenvalue weighted by Crippen LogP contribution is 2.17. The highest BCUT2D eigenvalue weighted by atomic mass is 35.5. The van der Waals surface area contributed by atoms with Gasteiger partial charge in [0.15, 0.2) is 5.65 Å². The molecule has 3 rings (SSSR count). The van der Waals surface area contributed by atoms with Crippen molar-refractivity contribution in [2.45, 2.75) is 5.88 Å².